The number of carbonyl (C=O) groups excluding carboxylic acids is 7. The number of nitrogens with zero attached hydrogens (tertiary/aromatic N) is 1. The van der Waals surface area contributed by atoms with E-state index in [1.54, 1.807) is 30.5 Å². The van der Waals surface area contributed by atoms with Crippen LogP contribution in [0.15, 0.2) is 96.1 Å². The molecule has 338 valence electrons. The first kappa shape index (κ1) is 46.3. The van der Waals surface area contributed by atoms with Crippen molar-refractivity contribution in [1.82, 2.24) is 36.9 Å². The van der Waals surface area contributed by atoms with Gasteiger partial charge in [-0.1, -0.05) is 78.9 Å². The summed E-state index contributed by atoms with van der Waals surface area (Å²) in [6, 6.07) is 21.0. The Morgan fingerprint density at radius 2 is 1.30 bits per heavy atom. The normalized spacial score (nSPS) is 24.3. The minimum Gasteiger partial charge on any atom is -0.370 e. The molecular formula is C46H57N11O7. The van der Waals surface area contributed by atoms with Crippen LogP contribution in [0, 0.1) is 0 Å². The first-order valence-electron chi connectivity index (χ1n) is 21.6. The molecule has 4 atom stereocenters. The van der Waals surface area contributed by atoms with E-state index in [2.05, 4.69) is 41.9 Å². The molecule has 4 aromatic rings. The minimum atomic E-state index is -1.44. The van der Waals surface area contributed by atoms with Gasteiger partial charge in [0, 0.05) is 55.9 Å². The third-order valence-corrected chi connectivity index (χ3v) is 11.9. The fourth-order valence-electron chi connectivity index (χ4n) is 8.34. The number of aromatic nitrogens is 1. The van der Waals surface area contributed by atoms with Crippen molar-refractivity contribution in [2.75, 3.05) is 13.1 Å². The van der Waals surface area contributed by atoms with Crippen molar-refractivity contribution in [1.29, 1.82) is 0 Å². The lowest BCUT2D eigenvalue weighted by atomic mass is 9.73. The quantitative estimate of drug-likeness (QED) is 0.0604. The van der Waals surface area contributed by atoms with Gasteiger partial charge in [-0.25, -0.2) is 0 Å². The van der Waals surface area contributed by atoms with Gasteiger partial charge in [0.2, 0.25) is 41.4 Å². The number of H-pyrrole nitrogens is 1. The lowest BCUT2D eigenvalue weighted by Gasteiger charge is -2.40. The molecule has 64 heavy (non-hydrogen) atoms. The lowest BCUT2D eigenvalue weighted by Crippen LogP contribution is -2.64. The number of nitrogens with one attached hydrogen (secondary N) is 7. The number of aromatic amines is 1. The topological polar surface area (TPSA) is 298 Å². The molecule has 0 radical (unpaired) electrons. The average molecular weight is 876 g/mol. The molecule has 1 aromatic heterocycles. The first-order valence-corrected chi connectivity index (χ1v) is 21.6. The molecule has 1 saturated heterocycles. The predicted molar refractivity (Wildman–Crippen MR) is 240 cm³/mol. The van der Waals surface area contributed by atoms with Gasteiger partial charge in [0.1, 0.15) is 29.7 Å². The van der Waals surface area contributed by atoms with Gasteiger partial charge in [0.15, 0.2) is 5.96 Å². The van der Waals surface area contributed by atoms with Gasteiger partial charge < -0.3 is 54.1 Å². The van der Waals surface area contributed by atoms with Crippen LogP contribution in [-0.2, 0) is 46.4 Å². The van der Waals surface area contributed by atoms with Crippen molar-refractivity contribution in [2.45, 2.75) is 99.8 Å². The molecule has 6 rings (SSSR count). The van der Waals surface area contributed by atoms with Crippen LogP contribution < -0.4 is 49.1 Å². The number of guanidine groups is 1. The van der Waals surface area contributed by atoms with E-state index < -0.39 is 77.6 Å². The summed E-state index contributed by atoms with van der Waals surface area (Å²) in [5.41, 5.74) is 18.6. The molecule has 18 heteroatoms. The van der Waals surface area contributed by atoms with Crippen molar-refractivity contribution in [2.24, 2.45) is 22.2 Å². The van der Waals surface area contributed by atoms with Gasteiger partial charge in [-0.3, -0.25) is 38.6 Å². The Bertz CT molecular complexity index is 2320. The van der Waals surface area contributed by atoms with Crippen LogP contribution in [0.5, 0.6) is 0 Å². The van der Waals surface area contributed by atoms with Crippen molar-refractivity contribution in [3.8, 4) is 0 Å². The maximum atomic E-state index is 14.7. The molecule has 1 spiro atoms. The van der Waals surface area contributed by atoms with Gasteiger partial charge in [0.25, 0.3) is 0 Å². The number of primary amides is 1. The van der Waals surface area contributed by atoms with Crippen molar-refractivity contribution in [3.05, 3.63) is 108 Å². The molecule has 1 aliphatic carbocycles. The number of nitrogens with two attached hydrogens (primary N) is 3. The predicted octanol–water partition coefficient (Wildman–Crippen LogP) is 0.554. The Morgan fingerprint density at radius 1 is 0.688 bits per heavy atom. The van der Waals surface area contributed by atoms with Crippen LogP contribution in [0.1, 0.15) is 74.0 Å². The largest absolute Gasteiger partial charge is 0.370 e. The SMILES string of the molecule is NC(=O)C1CNC(=O)CCC(=O)NC2(CCC(c3ccccc3)CC2)C(=O)NC(Cc2ccccc2)C(=O)NC(CCCN=C(N)N)C(=O)NC(Cc2c[nH]c3ccccc23)C(=O)N1. The zero-order chi connectivity index (χ0) is 45.6. The lowest BCUT2D eigenvalue weighted by molar-refractivity contribution is -0.138. The summed E-state index contributed by atoms with van der Waals surface area (Å²) in [5, 5.41) is 17.4. The number of fused-ring (bicyclic) bond motifs is 1. The fraction of sp³-hybridized carbons (Fsp3) is 0.391. The van der Waals surface area contributed by atoms with E-state index in [0.29, 0.717) is 24.0 Å². The molecule has 1 aliphatic heterocycles. The van der Waals surface area contributed by atoms with Gasteiger partial charge >= 0.3 is 0 Å². The van der Waals surface area contributed by atoms with E-state index >= 15 is 0 Å². The zero-order valence-electron chi connectivity index (χ0n) is 35.6. The number of benzene rings is 3. The summed E-state index contributed by atoms with van der Waals surface area (Å²) in [4.78, 5) is 104. The highest BCUT2D eigenvalue weighted by atomic mass is 16.2. The van der Waals surface area contributed by atoms with E-state index in [1.165, 1.54) is 0 Å². The molecule has 0 bridgehead atoms. The molecule has 3 aromatic carbocycles. The summed E-state index contributed by atoms with van der Waals surface area (Å²) in [6.07, 6.45) is 2.88. The number of carbonyl (C=O) groups is 7. The number of para-hydroxylation sites is 1. The zero-order valence-corrected chi connectivity index (χ0v) is 35.6. The summed E-state index contributed by atoms with van der Waals surface area (Å²) in [6.45, 7) is -0.293. The van der Waals surface area contributed by atoms with E-state index in [4.69, 9.17) is 17.2 Å². The molecule has 13 N–H and O–H groups in total. The average Bonchev–Trinajstić information content (AvgIpc) is 3.70. The van der Waals surface area contributed by atoms with E-state index in [9.17, 15) is 33.6 Å². The Kier molecular flexibility index (Phi) is 15.7. The standard InChI is InChI=1S/C46H57N11O7/c47-40(60)37-27-52-38(58)17-18-39(59)57-46(21-19-30(20-22-46)29-12-5-2-6-13-29)44(64)56-35(24-28-10-3-1-4-11-28)42(62)53-34(16-9-23-50-45(48)49)41(61)54-36(43(63)55-37)25-31-26-51-33-15-8-7-14-32(31)33/h1-8,10-15,26,30,34-37,51H,9,16-25,27H2,(H2,47,60)(H,52,58)(H,53,62)(H,54,61)(H,55,63)(H,56,64)(H,57,59)(H4,48,49,50). The summed E-state index contributed by atoms with van der Waals surface area (Å²) >= 11 is 0. The second kappa shape index (κ2) is 21.7. The van der Waals surface area contributed by atoms with Crippen LogP contribution in [0.3, 0.4) is 0 Å². The maximum Gasteiger partial charge on any atom is 0.246 e. The highest BCUT2D eigenvalue weighted by Crippen LogP contribution is 2.38. The molecule has 1 saturated carbocycles. The monoisotopic (exact) mass is 875 g/mol. The number of hydrogen-bond donors (Lipinski definition) is 10. The molecule has 7 amide bonds. The van der Waals surface area contributed by atoms with Gasteiger partial charge in [-0.05, 0) is 67.2 Å². The molecule has 2 aliphatic rings. The molecule has 2 fully saturated rings. The summed E-state index contributed by atoms with van der Waals surface area (Å²) in [7, 11) is 0. The highest BCUT2D eigenvalue weighted by molar-refractivity contribution is 5.98. The first-order chi connectivity index (χ1) is 30.8. The summed E-state index contributed by atoms with van der Waals surface area (Å²) < 4.78 is 0. The minimum absolute atomic E-state index is 0.0125. The Balaban J connectivity index is 1.35. The second-order valence-electron chi connectivity index (χ2n) is 16.4. The van der Waals surface area contributed by atoms with E-state index in [0.717, 1.165) is 16.5 Å². The van der Waals surface area contributed by atoms with Gasteiger partial charge in [-0.15, -0.1) is 0 Å². The van der Waals surface area contributed by atoms with Gasteiger partial charge in [-0.2, -0.15) is 0 Å². The van der Waals surface area contributed by atoms with Crippen molar-refractivity contribution >= 4 is 58.2 Å². The third-order valence-electron chi connectivity index (χ3n) is 11.9. The maximum absolute atomic E-state index is 14.7. The fourth-order valence-corrected chi connectivity index (χ4v) is 8.34. The molecule has 4 unspecified atom stereocenters. The Labute approximate surface area is 370 Å². The number of amides is 7. The molecule has 2 heterocycles. The molecule has 18 nitrogen and oxygen atoms in total. The summed E-state index contributed by atoms with van der Waals surface area (Å²) in [5.74, 6) is -5.01. The van der Waals surface area contributed by atoms with Crippen molar-refractivity contribution in [3.63, 3.8) is 0 Å². The Hall–Kier alpha value is -7.24. The highest BCUT2D eigenvalue weighted by Gasteiger charge is 2.45. The van der Waals surface area contributed by atoms with Crippen LogP contribution in [-0.4, -0.2) is 95.1 Å². The van der Waals surface area contributed by atoms with Crippen LogP contribution in [0.25, 0.3) is 10.9 Å². The Morgan fingerprint density at radius 3 is 2.00 bits per heavy atom. The second-order valence-corrected chi connectivity index (χ2v) is 16.4. The van der Waals surface area contributed by atoms with E-state index in [1.807, 2.05) is 60.7 Å². The number of hydrogen-bond acceptors (Lipinski definition) is 8. The molecular weight excluding hydrogens is 819 g/mol. The van der Waals surface area contributed by atoms with E-state index in [-0.39, 0.29) is 69.8 Å². The van der Waals surface area contributed by atoms with Gasteiger partial charge in [0.05, 0.1) is 0 Å². The third kappa shape index (κ3) is 12.4. The van der Waals surface area contributed by atoms with Crippen LogP contribution in [0.2, 0.25) is 0 Å². The number of aliphatic imine (C=N–C) groups is 1. The smallest absolute Gasteiger partial charge is 0.246 e. The van der Waals surface area contributed by atoms with Crippen molar-refractivity contribution < 1.29 is 33.6 Å². The van der Waals surface area contributed by atoms with Crippen LogP contribution in [0.4, 0.5) is 0 Å². The van der Waals surface area contributed by atoms with Crippen LogP contribution >= 0.6 is 0 Å². The number of rotatable bonds is 10.